The second kappa shape index (κ2) is 10.0. The second-order valence-electron chi connectivity index (χ2n) is 8.95. The normalized spacial score (nSPS) is 19.3. The van der Waals surface area contributed by atoms with Gasteiger partial charge in [-0.25, -0.2) is 9.97 Å². The molecule has 0 saturated heterocycles. The summed E-state index contributed by atoms with van der Waals surface area (Å²) in [7, 11) is 0. The molecule has 2 amide bonds. The van der Waals surface area contributed by atoms with Crippen LogP contribution in [0.3, 0.4) is 0 Å². The fraction of sp³-hybridized carbons (Fsp3) is 0.440. The van der Waals surface area contributed by atoms with Crippen molar-refractivity contribution in [2.45, 2.75) is 52.9 Å². The number of fused-ring (bicyclic) bond motifs is 1. The van der Waals surface area contributed by atoms with E-state index >= 15 is 0 Å². The van der Waals surface area contributed by atoms with Gasteiger partial charge in [0, 0.05) is 12.1 Å². The maximum absolute atomic E-state index is 13.2. The lowest BCUT2D eigenvalue weighted by molar-refractivity contribution is -0.121. The summed E-state index contributed by atoms with van der Waals surface area (Å²) in [6.45, 7) is 6.43. The number of pyridine rings is 2. The third-order valence-electron chi connectivity index (χ3n) is 6.70. The average Bonchev–Trinajstić information content (AvgIpc) is 3.17. The number of carbonyl (C=O) groups is 2. The molecule has 1 saturated carbocycles. The molecule has 3 aromatic heterocycles. The van der Waals surface area contributed by atoms with E-state index in [1.165, 1.54) is 0 Å². The van der Waals surface area contributed by atoms with E-state index in [-0.39, 0.29) is 17.6 Å². The molecule has 1 fully saturated rings. The highest BCUT2D eigenvalue weighted by Crippen LogP contribution is 2.37. The first kappa shape index (κ1) is 23.4. The van der Waals surface area contributed by atoms with E-state index in [1.807, 2.05) is 13.0 Å². The highest BCUT2D eigenvalue weighted by molar-refractivity contribution is 9.10. The minimum Gasteiger partial charge on any atom is -0.447 e. The Morgan fingerprint density at radius 3 is 2.58 bits per heavy atom. The summed E-state index contributed by atoms with van der Waals surface area (Å²) in [5, 5.41) is 5.71. The van der Waals surface area contributed by atoms with Crippen LogP contribution in [0.2, 0.25) is 0 Å². The van der Waals surface area contributed by atoms with Crippen LogP contribution in [0, 0.1) is 24.7 Å². The fourth-order valence-electron chi connectivity index (χ4n) is 4.45. The third kappa shape index (κ3) is 5.27. The molecule has 3 heterocycles. The Kier molecular flexibility index (Phi) is 7.12. The van der Waals surface area contributed by atoms with Crippen molar-refractivity contribution < 1.29 is 14.0 Å². The van der Waals surface area contributed by atoms with E-state index < -0.39 is 5.91 Å². The number of amides is 2. The minimum absolute atomic E-state index is 0.0135. The number of halogens is 1. The molecule has 0 spiro atoms. The van der Waals surface area contributed by atoms with Crippen molar-refractivity contribution in [3.05, 3.63) is 46.4 Å². The summed E-state index contributed by atoms with van der Waals surface area (Å²) >= 11 is 3.37. The van der Waals surface area contributed by atoms with Crippen molar-refractivity contribution in [1.29, 1.82) is 0 Å². The zero-order valence-electron chi connectivity index (χ0n) is 19.2. The first-order valence-electron chi connectivity index (χ1n) is 11.5. The number of hydrogen-bond acceptors (Lipinski definition) is 5. The zero-order valence-corrected chi connectivity index (χ0v) is 20.7. The number of nitrogens with zero attached hydrogens (tertiary/aromatic N) is 2. The lowest BCUT2D eigenvalue weighted by atomic mass is 9.75. The van der Waals surface area contributed by atoms with Crippen LogP contribution in [-0.2, 0) is 4.79 Å². The molecule has 174 valence electrons. The number of aromatic nitrogens is 2. The van der Waals surface area contributed by atoms with Gasteiger partial charge in [-0.2, -0.15) is 0 Å². The highest BCUT2D eigenvalue weighted by Gasteiger charge is 2.31. The molecule has 2 N–H and O–H groups in total. The van der Waals surface area contributed by atoms with Gasteiger partial charge in [-0.1, -0.05) is 26.3 Å². The number of carbonyl (C=O) groups excluding carboxylic acids is 2. The van der Waals surface area contributed by atoms with Crippen LogP contribution in [0.5, 0.6) is 0 Å². The van der Waals surface area contributed by atoms with Crippen molar-refractivity contribution in [3.63, 3.8) is 0 Å². The van der Waals surface area contributed by atoms with Gasteiger partial charge < -0.3 is 15.1 Å². The Bertz CT molecular complexity index is 1150. The van der Waals surface area contributed by atoms with Gasteiger partial charge in [-0.3, -0.25) is 9.59 Å². The van der Waals surface area contributed by atoms with Crippen LogP contribution in [-0.4, -0.2) is 21.8 Å². The first-order chi connectivity index (χ1) is 15.9. The number of nitrogens with one attached hydrogen (secondary N) is 2. The Labute approximate surface area is 201 Å². The van der Waals surface area contributed by atoms with Crippen molar-refractivity contribution >= 4 is 50.3 Å². The molecule has 0 aromatic carbocycles. The van der Waals surface area contributed by atoms with Crippen LogP contribution < -0.4 is 10.6 Å². The van der Waals surface area contributed by atoms with Crippen LogP contribution in [0.15, 0.2) is 39.5 Å². The molecule has 7 nitrogen and oxygen atoms in total. The lowest BCUT2D eigenvalue weighted by Gasteiger charge is -2.31. The SMILES string of the molecule is CC[C@@H](C)C1CCC(C(=O)Nc2c(C(=O)Nc3ccc(C)cn3)oc3ccc(Br)nc23)CC1. The van der Waals surface area contributed by atoms with E-state index in [2.05, 4.69) is 50.4 Å². The monoisotopic (exact) mass is 512 g/mol. The maximum Gasteiger partial charge on any atom is 0.294 e. The molecule has 0 aliphatic heterocycles. The Hall–Kier alpha value is -2.74. The highest BCUT2D eigenvalue weighted by atomic mass is 79.9. The van der Waals surface area contributed by atoms with E-state index in [4.69, 9.17) is 4.42 Å². The number of anilines is 2. The predicted octanol–water partition coefficient (Wildman–Crippen LogP) is 6.34. The van der Waals surface area contributed by atoms with Gasteiger partial charge in [0.25, 0.3) is 5.91 Å². The largest absolute Gasteiger partial charge is 0.447 e. The molecule has 0 unspecified atom stereocenters. The molecule has 0 bridgehead atoms. The summed E-state index contributed by atoms with van der Waals surface area (Å²) in [5.74, 6) is 1.10. The van der Waals surface area contributed by atoms with Crippen molar-refractivity contribution in [2.24, 2.45) is 17.8 Å². The summed E-state index contributed by atoms with van der Waals surface area (Å²) < 4.78 is 6.42. The third-order valence-corrected chi connectivity index (χ3v) is 7.14. The molecule has 1 aliphatic rings. The molecule has 33 heavy (non-hydrogen) atoms. The maximum atomic E-state index is 13.2. The second-order valence-corrected chi connectivity index (χ2v) is 9.76. The van der Waals surface area contributed by atoms with Gasteiger partial charge in [0.15, 0.2) is 5.58 Å². The summed E-state index contributed by atoms with van der Waals surface area (Å²) in [6.07, 6.45) is 6.64. The smallest absolute Gasteiger partial charge is 0.294 e. The van der Waals surface area contributed by atoms with E-state index in [0.717, 1.165) is 37.7 Å². The number of hydrogen-bond donors (Lipinski definition) is 2. The zero-order chi connectivity index (χ0) is 23.5. The molecular weight excluding hydrogens is 484 g/mol. The topological polar surface area (TPSA) is 97.1 Å². The summed E-state index contributed by atoms with van der Waals surface area (Å²) in [6, 6.07) is 7.04. The molecule has 1 aliphatic carbocycles. The number of rotatable bonds is 6. The molecule has 8 heteroatoms. The summed E-state index contributed by atoms with van der Waals surface area (Å²) in [5.41, 5.74) is 2.15. The van der Waals surface area contributed by atoms with Gasteiger partial charge in [-0.15, -0.1) is 0 Å². The molecular formula is C25H29BrN4O3. The van der Waals surface area contributed by atoms with Crippen LogP contribution in [0.25, 0.3) is 11.1 Å². The van der Waals surface area contributed by atoms with Crippen LogP contribution in [0.1, 0.15) is 62.1 Å². The van der Waals surface area contributed by atoms with Gasteiger partial charge in [0.1, 0.15) is 21.6 Å². The van der Waals surface area contributed by atoms with Gasteiger partial charge >= 0.3 is 0 Å². The molecule has 3 aromatic rings. The summed E-state index contributed by atoms with van der Waals surface area (Å²) in [4.78, 5) is 34.9. The Balaban J connectivity index is 1.57. The number of aryl methyl sites for hydroxylation is 1. The van der Waals surface area contributed by atoms with Crippen LogP contribution in [0.4, 0.5) is 11.5 Å². The van der Waals surface area contributed by atoms with E-state index in [0.29, 0.717) is 39.0 Å². The molecule has 4 rings (SSSR count). The Morgan fingerprint density at radius 1 is 1.15 bits per heavy atom. The molecule has 0 radical (unpaired) electrons. The van der Waals surface area contributed by atoms with Gasteiger partial charge in [0.2, 0.25) is 11.7 Å². The molecule has 1 atom stereocenters. The van der Waals surface area contributed by atoms with E-state index in [1.54, 1.807) is 24.4 Å². The van der Waals surface area contributed by atoms with Gasteiger partial charge in [0.05, 0.1) is 0 Å². The van der Waals surface area contributed by atoms with Gasteiger partial charge in [-0.05, 0) is 84.1 Å². The Morgan fingerprint density at radius 2 is 1.91 bits per heavy atom. The number of furan rings is 1. The van der Waals surface area contributed by atoms with Crippen LogP contribution >= 0.6 is 15.9 Å². The van der Waals surface area contributed by atoms with Crippen molar-refractivity contribution in [1.82, 2.24) is 9.97 Å². The fourth-order valence-corrected chi connectivity index (χ4v) is 4.76. The van der Waals surface area contributed by atoms with E-state index in [9.17, 15) is 9.59 Å². The average molecular weight is 513 g/mol. The first-order valence-corrected chi connectivity index (χ1v) is 12.3. The van der Waals surface area contributed by atoms with Crippen molar-refractivity contribution in [3.8, 4) is 0 Å². The van der Waals surface area contributed by atoms with Crippen molar-refractivity contribution in [2.75, 3.05) is 10.6 Å². The lowest BCUT2D eigenvalue weighted by Crippen LogP contribution is -2.29. The minimum atomic E-state index is -0.490. The standard InChI is InChI=1S/C25H29BrN4O3/c1-4-15(3)16-6-8-17(9-7-16)24(31)30-22-21-18(10-11-19(26)28-21)33-23(22)25(32)29-20-12-5-14(2)13-27-20/h5,10-13,15-17H,4,6-9H2,1-3H3,(H,30,31)(H,27,29,32)/t15-,16?,17?/m1/s1. The quantitative estimate of drug-likeness (QED) is 0.375. The predicted molar refractivity (Wildman–Crippen MR) is 132 cm³/mol.